The average Bonchev–Trinajstić information content (AvgIpc) is 2.96. The number of amides is 1. The van der Waals surface area contributed by atoms with Gasteiger partial charge >= 0.3 is 0 Å². The van der Waals surface area contributed by atoms with Gasteiger partial charge in [0.15, 0.2) is 0 Å². The Morgan fingerprint density at radius 1 is 1.50 bits per heavy atom. The summed E-state index contributed by atoms with van der Waals surface area (Å²) in [6.07, 6.45) is 1.44. The lowest BCUT2D eigenvalue weighted by molar-refractivity contribution is 0.0946. The van der Waals surface area contributed by atoms with Crippen molar-refractivity contribution in [2.75, 3.05) is 0 Å². The van der Waals surface area contributed by atoms with Crippen molar-refractivity contribution in [2.45, 2.75) is 6.54 Å². The number of fused-ring (bicyclic) bond motifs is 1. The number of rotatable bonds is 3. The van der Waals surface area contributed by atoms with E-state index in [4.69, 9.17) is 11.6 Å². The fourth-order valence-electron chi connectivity index (χ4n) is 2.35. The van der Waals surface area contributed by atoms with Crippen LogP contribution in [0.15, 0.2) is 29.2 Å². The predicted molar refractivity (Wildman–Crippen MR) is 89.1 cm³/mol. The Bertz CT molecular complexity index is 1020. The van der Waals surface area contributed by atoms with E-state index in [0.29, 0.717) is 9.34 Å². The summed E-state index contributed by atoms with van der Waals surface area (Å²) in [7, 11) is 1.40. The highest BCUT2D eigenvalue weighted by molar-refractivity contribution is 7.15. The second-order valence-corrected chi connectivity index (χ2v) is 6.71. The normalized spacial score (nSPS) is 11.0. The molecule has 0 aliphatic carbocycles. The molecule has 124 valence electrons. The van der Waals surface area contributed by atoms with E-state index in [2.05, 4.69) is 10.3 Å². The number of halogens is 2. The number of hydrogen-bond acceptors (Lipinski definition) is 5. The molecule has 0 atom stereocenters. The minimum absolute atomic E-state index is 0.0358. The van der Waals surface area contributed by atoms with Crippen LogP contribution in [0.5, 0.6) is 5.75 Å². The van der Waals surface area contributed by atoms with Crippen LogP contribution in [0.25, 0.3) is 10.9 Å². The maximum Gasteiger partial charge on any atom is 0.267 e. The van der Waals surface area contributed by atoms with Crippen LogP contribution < -0.4 is 10.9 Å². The van der Waals surface area contributed by atoms with E-state index in [1.54, 1.807) is 0 Å². The smallest absolute Gasteiger partial charge is 0.267 e. The Morgan fingerprint density at radius 3 is 2.92 bits per heavy atom. The number of carbonyl (C=O) groups is 1. The highest BCUT2D eigenvalue weighted by Gasteiger charge is 2.23. The van der Waals surface area contributed by atoms with Gasteiger partial charge in [0.1, 0.15) is 26.5 Å². The van der Waals surface area contributed by atoms with Crippen molar-refractivity contribution in [2.24, 2.45) is 7.05 Å². The molecule has 0 bridgehead atoms. The third-order valence-electron chi connectivity index (χ3n) is 3.50. The minimum Gasteiger partial charge on any atom is -0.506 e. The quantitative estimate of drug-likeness (QED) is 0.744. The van der Waals surface area contributed by atoms with Crippen LogP contribution in [-0.2, 0) is 13.6 Å². The Morgan fingerprint density at radius 2 is 2.25 bits per heavy atom. The number of benzene rings is 1. The zero-order valence-corrected chi connectivity index (χ0v) is 13.9. The molecule has 0 saturated carbocycles. The molecule has 24 heavy (non-hydrogen) atoms. The molecule has 0 saturated heterocycles. The van der Waals surface area contributed by atoms with Gasteiger partial charge in [-0.15, -0.1) is 11.3 Å². The molecule has 0 unspecified atom stereocenters. The predicted octanol–water partition coefficient (Wildman–Crippen LogP) is 2.42. The molecule has 6 nitrogen and oxygen atoms in total. The van der Waals surface area contributed by atoms with Crippen molar-refractivity contribution in [3.8, 4) is 5.75 Å². The highest BCUT2D eigenvalue weighted by Crippen LogP contribution is 2.28. The molecule has 0 aliphatic rings. The fraction of sp³-hybridized carbons (Fsp3) is 0.133. The van der Waals surface area contributed by atoms with Crippen LogP contribution in [0.2, 0.25) is 4.34 Å². The summed E-state index contributed by atoms with van der Waals surface area (Å²) < 4.78 is 15.6. The molecule has 9 heteroatoms. The van der Waals surface area contributed by atoms with Gasteiger partial charge in [0.25, 0.3) is 11.5 Å². The van der Waals surface area contributed by atoms with Crippen molar-refractivity contribution in [3.63, 3.8) is 0 Å². The summed E-state index contributed by atoms with van der Waals surface area (Å²) in [5.41, 5.74) is -1.04. The Kier molecular flexibility index (Phi) is 4.25. The molecule has 0 radical (unpaired) electrons. The maximum absolute atomic E-state index is 14.0. The second kappa shape index (κ2) is 6.21. The van der Waals surface area contributed by atoms with Crippen molar-refractivity contribution >= 4 is 39.7 Å². The van der Waals surface area contributed by atoms with Gasteiger partial charge in [0.05, 0.1) is 23.6 Å². The topological polar surface area (TPSA) is 84.2 Å². The van der Waals surface area contributed by atoms with E-state index in [1.165, 1.54) is 36.7 Å². The summed E-state index contributed by atoms with van der Waals surface area (Å²) in [5, 5.41) is 13.1. The number of hydrogen-bond donors (Lipinski definition) is 2. The van der Waals surface area contributed by atoms with E-state index < -0.39 is 28.6 Å². The van der Waals surface area contributed by atoms with Crippen LogP contribution in [-0.4, -0.2) is 20.6 Å². The van der Waals surface area contributed by atoms with E-state index in [1.807, 2.05) is 0 Å². The van der Waals surface area contributed by atoms with E-state index in [-0.39, 0.29) is 17.4 Å². The number of pyridine rings is 1. The van der Waals surface area contributed by atoms with E-state index in [0.717, 1.165) is 10.6 Å². The van der Waals surface area contributed by atoms with E-state index >= 15 is 0 Å². The van der Waals surface area contributed by atoms with E-state index in [9.17, 15) is 19.1 Å². The molecule has 2 N–H and O–H groups in total. The largest absolute Gasteiger partial charge is 0.506 e. The minimum atomic E-state index is -0.815. The van der Waals surface area contributed by atoms with Gasteiger partial charge in [0.2, 0.25) is 0 Å². The standard InChI is InChI=1S/C15H11ClFN3O3S/c1-20-8-4-2-3-7(17)11(8)13(21)12(15(20)23)14(22)19-6-10-18-5-9(16)24-10/h2-5,21H,6H2,1H3,(H,19,22). The molecule has 0 spiro atoms. The van der Waals surface area contributed by atoms with Gasteiger partial charge in [0, 0.05) is 7.05 Å². The molecular formula is C15H11ClFN3O3S. The van der Waals surface area contributed by atoms with Crippen LogP contribution in [0.1, 0.15) is 15.4 Å². The summed E-state index contributed by atoms with van der Waals surface area (Å²) >= 11 is 6.93. The van der Waals surface area contributed by atoms with Gasteiger partial charge in [-0.3, -0.25) is 9.59 Å². The number of aromatic nitrogens is 2. The molecule has 2 aromatic heterocycles. The molecular weight excluding hydrogens is 357 g/mol. The molecule has 0 aliphatic heterocycles. The number of aromatic hydroxyl groups is 1. The summed E-state index contributed by atoms with van der Waals surface area (Å²) in [6.45, 7) is 0.0358. The van der Waals surface area contributed by atoms with Crippen molar-refractivity contribution in [1.82, 2.24) is 14.9 Å². The van der Waals surface area contributed by atoms with Gasteiger partial charge in [-0.2, -0.15) is 0 Å². The Labute approximate surface area is 144 Å². The maximum atomic E-state index is 14.0. The van der Waals surface area contributed by atoms with Crippen molar-refractivity contribution in [1.29, 1.82) is 0 Å². The van der Waals surface area contributed by atoms with Gasteiger partial charge in [-0.05, 0) is 12.1 Å². The number of thiazole rings is 1. The van der Waals surface area contributed by atoms with Gasteiger partial charge < -0.3 is 15.0 Å². The third-order valence-corrected chi connectivity index (χ3v) is 4.61. The van der Waals surface area contributed by atoms with Gasteiger partial charge in [-0.1, -0.05) is 17.7 Å². The van der Waals surface area contributed by atoms with Crippen LogP contribution >= 0.6 is 22.9 Å². The monoisotopic (exact) mass is 367 g/mol. The summed E-state index contributed by atoms with van der Waals surface area (Å²) in [5.74, 6) is -2.22. The van der Waals surface area contributed by atoms with Crippen molar-refractivity contribution in [3.05, 3.63) is 55.5 Å². The lowest BCUT2D eigenvalue weighted by Gasteiger charge is -2.12. The zero-order valence-electron chi connectivity index (χ0n) is 12.3. The van der Waals surface area contributed by atoms with Crippen molar-refractivity contribution < 1.29 is 14.3 Å². The lowest BCUT2D eigenvalue weighted by Crippen LogP contribution is -2.32. The molecule has 3 rings (SSSR count). The highest BCUT2D eigenvalue weighted by atomic mass is 35.5. The molecule has 1 amide bonds. The molecule has 0 fully saturated rings. The first kappa shape index (κ1) is 16.4. The van der Waals surface area contributed by atoms with Crippen LogP contribution in [0, 0.1) is 5.82 Å². The first-order chi connectivity index (χ1) is 11.4. The summed E-state index contributed by atoms with van der Waals surface area (Å²) in [4.78, 5) is 28.6. The van der Waals surface area contributed by atoms with Crippen LogP contribution in [0.4, 0.5) is 4.39 Å². The molecule has 2 heterocycles. The summed E-state index contributed by atoms with van der Waals surface area (Å²) in [6, 6.07) is 4.05. The number of aryl methyl sites for hydroxylation is 1. The fourth-order valence-corrected chi connectivity index (χ4v) is 3.24. The average molecular weight is 368 g/mol. The van der Waals surface area contributed by atoms with Gasteiger partial charge in [-0.25, -0.2) is 9.37 Å². The lowest BCUT2D eigenvalue weighted by atomic mass is 10.1. The number of nitrogens with one attached hydrogen (secondary N) is 1. The van der Waals surface area contributed by atoms with Crippen LogP contribution in [0.3, 0.4) is 0 Å². The Balaban J connectivity index is 2.04. The number of carbonyl (C=O) groups excluding carboxylic acids is 1. The Hall–Kier alpha value is -2.45. The second-order valence-electron chi connectivity index (χ2n) is 4.96. The first-order valence-corrected chi connectivity index (χ1v) is 7.98. The first-order valence-electron chi connectivity index (χ1n) is 6.78. The SMILES string of the molecule is Cn1c(=O)c(C(=O)NCc2ncc(Cl)s2)c(O)c2c(F)cccc21. The zero-order chi connectivity index (χ0) is 17.4. The molecule has 1 aromatic carbocycles. The third kappa shape index (κ3) is 2.74. The molecule has 3 aromatic rings. The number of nitrogens with zero attached hydrogens (tertiary/aromatic N) is 2.